The first-order valence-corrected chi connectivity index (χ1v) is 7.56. The molecule has 0 fully saturated rings. The Kier molecular flexibility index (Phi) is 4.33. The molecule has 122 valence electrons. The van der Waals surface area contributed by atoms with Crippen LogP contribution in [0, 0.1) is 0 Å². The normalized spacial score (nSPS) is 11.9. The molecule has 1 heterocycles. The van der Waals surface area contributed by atoms with Crippen molar-refractivity contribution in [1.29, 1.82) is 0 Å². The summed E-state index contributed by atoms with van der Waals surface area (Å²) in [6, 6.07) is 15.8. The number of para-hydroxylation sites is 1. The maximum Gasteiger partial charge on any atom is 0.349 e. The van der Waals surface area contributed by atoms with Gasteiger partial charge in [-0.05, 0) is 36.8 Å². The van der Waals surface area contributed by atoms with E-state index in [-0.39, 0.29) is 11.6 Å². The van der Waals surface area contributed by atoms with Gasteiger partial charge >= 0.3 is 5.63 Å². The first-order chi connectivity index (χ1) is 11.6. The molecule has 1 amide bonds. The second-order valence-electron chi connectivity index (χ2n) is 5.45. The third-order valence-corrected chi connectivity index (χ3v) is 3.85. The Bertz CT molecular complexity index is 928. The van der Waals surface area contributed by atoms with E-state index in [1.54, 1.807) is 31.4 Å². The van der Waals surface area contributed by atoms with Gasteiger partial charge in [-0.25, -0.2) is 4.79 Å². The molecule has 0 aliphatic carbocycles. The van der Waals surface area contributed by atoms with Crippen LogP contribution in [-0.2, 0) is 0 Å². The molecule has 0 unspecified atom stereocenters. The summed E-state index contributed by atoms with van der Waals surface area (Å²) in [6.07, 6.45) is 0. The monoisotopic (exact) mass is 323 g/mol. The molecule has 3 aromatic rings. The molecule has 0 aliphatic rings. The molecule has 0 bridgehead atoms. The number of benzene rings is 2. The van der Waals surface area contributed by atoms with Gasteiger partial charge in [-0.1, -0.05) is 30.3 Å². The Balaban J connectivity index is 1.83. The predicted molar refractivity (Wildman–Crippen MR) is 91.4 cm³/mol. The second-order valence-corrected chi connectivity index (χ2v) is 5.45. The summed E-state index contributed by atoms with van der Waals surface area (Å²) in [5.74, 6) is 0.283. The van der Waals surface area contributed by atoms with Crippen molar-refractivity contribution in [1.82, 2.24) is 5.32 Å². The van der Waals surface area contributed by atoms with E-state index in [9.17, 15) is 9.59 Å². The van der Waals surface area contributed by atoms with Crippen molar-refractivity contribution in [3.63, 3.8) is 0 Å². The minimum atomic E-state index is -0.645. The quantitative estimate of drug-likeness (QED) is 0.748. The van der Waals surface area contributed by atoms with Gasteiger partial charge < -0.3 is 14.5 Å². The Hall–Kier alpha value is -3.08. The van der Waals surface area contributed by atoms with Crippen LogP contribution in [0.15, 0.2) is 63.8 Å². The summed E-state index contributed by atoms with van der Waals surface area (Å²) in [4.78, 5) is 24.5. The number of carbonyl (C=O) groups is 1. The third kappa shape index (κ3) is 3.15. The van der Waals surface area contributed by atoms with E-state index in [0.29, 0.717) is 11.0 Å². The number of fused-ring (bicyclic) bond motifs is 1. The number of hydrogen-bond acceptors (Lipinski definition) is 4. The highest BCUT2D eigenvalue weighted by molar-refractivity contribution is 5.96. The summed E-state index contributed by atoms with van der Waals surface area (Å²) in [6.45, 7) is 1.85. The average molecular weight is 323 g/mol. The van der Waals surface area contributed by atoms with Crippen LogP contribution in [-0.4, -0.2) is 13.0 Å². The fourth-order valence-electron chi connectivity index (χ4n) is 2.47. The molecule has 5 nitrogen and oxygen atoms in total. The van der Waals surface area contributed by atoms with Gasteiger partial charge in [0, 0.05) is 5.39 Å². The zero-order valence-electron chi connectivity index (χ0n) is 13.4. The van der Waals surface area contributed by atoms with Gasteiger partial charge in [0.05, 0.1) is 13.2 Å². The van der Waals surface area contributed by atoms with Gasteiger partial charge in [0.2, 0.25) is 0 Å². The number of amides is 1. The first kappa shape index (κ1) is 15.8. The van der Waals surface area contributed by atoms with E-state index in [1.807, 2.05) is 37.3 Å². The second kappa shape index (κ2) is 6.58. The lowest BCUT2D eigenvalue weighted by atomic mass is 10.1. The minimum Gasteiger partial charge on any atom is -0.497 e. The van der Waals surface area contributed by atoms with Crippen LogP contribution >= 0.6 is 0 Å². The minimum absolute atomic E-state index is 0.00550. The van der Waals surface area contributed by atoms with E-state index in [2.05, 4.69) is 5.32 Å². The van der Waals surface area contributed by atoms with Gasteiger partial charge in [-0.2, -0.15) is 0 Å². The SMILES string of the molecule is COc1ccc([C@H](C)NC(=O)c2cc3ccccc3oc2=O)cc1. The molecule has 1 N–H and O–H groups in total. The van der Waals surface area contributed by atoms with E-state index < -0.39 is 11.5 Å². The molecule has 1 aromatic heterocycles. The van der Waals surface area contributed by atoms with Gasteiger partial charge in [0.15, 0.2) is 0 Å². The molecule has 5 heteroatoms. The maximum atomic E-state index is 12.4. The number of methoxy groups -OCH3 is 1. The smallest absolute Gasteiger partial charge is 0.349 e. The van der Waals surface area contributed by atoms with Crippen LogP contribution in [0.1, 0.15) is 28.9 Å². The molecule has 24 heavy (non-hydrogen) atoms. The van der Waals surface area contributed by atoms with Crippen molar-refractivity contribution in [2.24, 2.45) is 0 Å². The third-order valence-electron chi connectivity index (χ3n) is 3.85. The number of hydrogen-bond donors (Lipinski definition) is 1. The standard InChI is InChI=1S/C19H17NO4/c1-12(13-7-9-15(23-2)10-8-13)20-18(21)16-11-14-5-3-4-6-17(14)24-19(16)22/h3-12H,1-2H3,(H,20,21)/t12-/m0/s1. The van der Waals surface area contributed by atoms with Crippen LogP contribution in [0.4, 0.5) is 0 Å². The Morgan fingerprint density at radius 1 is 1.12 bits per heavy atom. The van der Waals surface area contributed by atoms with Crippen LogP contribution < -0.4 is 15.7 Å². The maximum absolute atomic E-state index is 12.4. The summed E-state index contributed by atoms with van der Waals surface area (Å²) in [7, 11) is 1.60. The Morgan fingerprint density at radius 2 is 1.83 bits per heavy atom. The number of nitrogens with one attached hydrogen (secondary N) is 1. The molecule has 0 aliphatic heterocycles. The average Bonchev–Trinajstić information content (AvgIpc) is 2.61. The van der Waals surface area contributed by atoms with Crippen molar-refractivity contribution in [3.05, 3.63) is 76.1 Å². The lowest BCUT2D eigenvalue weighted by Gasteiger charge is -2.14. The number of ether oxygens (including phenoxy) is 1. The topological polar surface area (TPSA) is 68.5 Å². The summed E-state index contributed by atoms with van der Waals surface area (Å²) < 4.78 is 10.3. The van der Waals surface area contributed by atoms with Crippen molar-refractivity contribution in [3.8, 4) is 5.75 Å². The lowest BCUT2D eigenvalue weighted by molar-refractivity contribution is 0.0936. The van der Waals surface area contributed by atoms with Gasteiger partial charge in [0.1, 0.15) is 16.9 Å². The summed E-state index contributed by atoms with van der Waals surface area (Å²) in [5, 5.41) is 3.52. The highest BCUT2D eigenvalue weighted by Gasteiger charge is 2.16. The first-order valence-electron chi connectivity index (χ1n) is 7.56. The molecule has 0 radical (unpaired) electrons. The molecule has 2 aromatic carbocycles. The van der Waals surface area contributed by atoms with Gasteiger partial charge in [-0.15, -0.1) is 0 Å². The largest absolute Gasteiger partial charge is 0.497 e. The fourth-order valence-corrected chi connectivity index (χ4v) is 2.47. The van der Waals surface area contributed by atoms with Crippen LogP contribution in [0.25, 0.3) is 11.0 Å². The number of carbonyl (C=O) groups excluding carboxylic acids is 1. The molecular formula is C19H17NO4. The van der Waals surface area contributed by atoms with Crippen LogP contribution in [0.2, 0.25) is 0 Å². The lowest BCUT2D eigenvalue weighted by Crippen LogP contribution is -2.30. The van der Waals surface area contributed by atoms with Crippen LogP contribution in [0.5, 0.6) is 5.75 Å². The molecule has 0 saturated carbocycles. The molecule has 0 saturated heterocycles. The summed E-state index contributed by atoms with van der Waals surface area (Å²) in [5.41, 5.74) is 0.721. The van der Waals surface area contributed by atoms with E-state index >= 15 is 0 Å². The molecular weight excluding hydrogens is 306 g/mol. The highest BCUT2D eigenvalue weighted by atomic mass is 16.5. The number of rotatable bonds is 4. The van der Waals surface area contributed by atoms with E-state index in [0.717, 1.165) is 11.3 Å². The van der Waals surface area contributed by atoms with E-state index in [1.165, 1.54) is 0 Å². The molecule has 0 spiro atoms. The van der Waals surface area contributed by atoms with Gasteiger partial charge in [0.25, 0.3) is 5.91 Å². The van der Waals surface area contributed by atoms with Crippen molar-refractivity contribution < 1.29 is 13.9 Å². The Labute approximate surface area is 138 Å². The van der Waals surface area contributed by atoms with Crippen molar-refractivity contribution in [2.45, 2.75) is 13.0 Å². The summed E-state index contributed by atoms with van der Waals surface area (Å²) >= 11 is 0. The molecule has 1 atom stereocenters. The highest BCUT2D eigenvalue weighted by Crippen LogP contribution is 2.18. The van der Waals surface area contributed by atoms with E-state index in [4.69, 9.17) is 9.15 Å². The Morgan fingerprint density at radius 3 is 2.54 bits per heavy atom. The zero-order chi connectivity index (χ0) is 17.1. The van der Waals surface area contributed by atoms with Crippen molar-refractivity contribution in [2.75, 3.05) is 7.11 Å². The fraction of sp³-hybridized carbons (Fsp3) is 0.158. The molecule has 3 rings (SSSR count). The van der Waals surface area contributed by atoms with Crippen LogP contribution in [0.3, 0.4) is 0 Å². The predicted octanol–water partition coefficient (Wildman–Crippen LogP) is 3.29. The van der Waals surface area contributed by atoms with Gasteiger partial charge in [-0.3, -0.25) is 4.79 Å². The zero-order valence-corrected chi connectivity index (χ0v) is 13.4. The van der Waals surface area contributed by atoms with Crippen molar-refractivity contribution >= 4 is 16.9 Å².